The van der Waals surface area contributed by atoms with Crippen molar-refractivity contribution in [2.75, 3.05) is 5.75 Å². The highest BCUT2D eigenvalue weighted by molar-refractivity contribution is 7.98. The summed E-state index contributed by atoms with van der Waals surface area (Å²) < 4.78 is 2.07. The van der Waals surface area contributed by atoms with Gasteiger partial charge in [-0.25, -0.2) is 9.50 Å². The third-order valence-electron chi connectivity index (χ3n) is 2.73. The highest BCUT2D eigenvalue weighted by atomic mass is 32.2. The smallest absolute Gasteiger partial charge is 0.212 e. The Hall–Kier alpha value is -0.550. The number of aryl methyl sites for hydroxylation is 1. The summed E-state index contributed by atoms with van der Waals surface area (Å²) in [4.78, 5) is 5.77. The molecule has 1 aliphatic heterocycles. The SMILES string of the molecule is CC(C)Cc1nn2c3c(nc2s1)CCSC3. The van der Waals surface area contributed by atoms with Gasteiger partial charge in [0, 0.05) is 18.6 Å². The van der Waals surface area contributed by atoms with Crippen LogP contribution in [0.2, 0.25) is 0 Å². The van der Waals surface area contributed by atoms with E-state index >= 15 is 0 Å². The van der Waals surface area contributed by atoms with Gasteiger partial charge in [0.2, 0.25) is 4.96 Å². The molecule has 0 fully saturated rings. The fourth-order valence-electron chi connectivity index (χ4n) is 1.99. The third-order valence-corrected chi connectivity index (χ3v) is 4.63. The van der Waals surface area contributed by atoms with E-state index in [4.69, 9.17) is 0 Å². The molecule has 3 nitrogen and oxygen atoms in total. The van der Waals surface area contributed by atoms with Gasteiger partial charge in [-0.05, 0) is 11.7 Å². The van der Waals surface area contributed by atoms with E-state index in [2.05, 4.69) is 28.4 Å². The molecule has 0 bridgehead atoms. The summed E-state index contributed by atoms with van der Waals surface area (Å²) in [5, 5.41) is 5.90. The van der Waals surface area contributed by atoms with E-state index in [1.54, 1.807) is 11.3 Å². The predicted molar refractivity (Wildman–Crippen MR) is 69.3 cm³/mol. The van der Waals surface area contributed by atoms with Crippen molar-refractivity contribution in [3.63, 3.8) is 0 Å². The van der Waals surface area contributed by atoms with Gasteiger partial charge in [-0.1, -0.05) is 25.2 Å². The Balaban J connectivity index is 2.03. The predicted octanol–water partition coefficient (Wildman–Crippen LogP) is 2.78. The van der Waals surface area contributed by atoms with Crippen molar-refractivity contribution >= 4 is 28.1 Å². The van der Waals surface area contributed by atoms with Gasteiger partial charge in [-0.2, -0.15) is 16.9 Å². The molecule has 0 saturated carbocycles. The fraction of sp³-hybridized carbons (Fsp3) is 0.636. The Bertz CT molecular complexity index is 512. The normalized spacial score (nSPS) is 15.9. The quantitative estimate of drug-likeness (QED) is 0.824. The lowest BCUT2D eigenvalue weighted by molar-refractivity contribution is 0.635. The van der Waals surface area contributed by atoms with Gasteiger partial charge in [-0.15, -0.1) is 0 Å². The van der Waals surface area contributed by atoms with Crippen LogP contribution in [-0.2, 0) is 18.6 Å². The van der Waals surface area contributed by atoms with E-state index in [9.17, 15) is 0 Å². The van der Waals surface area contributed by atoms with Gasteiger partial charge in [0.25, 0.3) is 0 Å². The van der Waals surface area contributed by atoms with Crippen LogP contribution in [0.3, 0.4) is 0 Å². The molecule has 0 amide bonds. The molecule has 0 unspecified atom stereocenters. The Morgan fingerprint density at radius 3 is 3.12 bits per heavy atom. The van der Waals surface area contributed by atoms with Crippen LogP contribution in [0.25, 0.3) is 4.96 Å². The van der Waals surface area contributed by atoms with E-state index < -0.39 is 0 Å². The molecule has 0 spiro atoms. The lowest BCUT2D eigenvalue weighted by atomic mass is 10.1. The molecular weight excluding hydrogens is 238 g/mol. The zero-order valence-corrected chi connectivity index (χ0v) is 11.2. The van der Waals surface area contributed by atoms with Crippen LogP contribution >= 0.6 is 23.1 Å². The summed E-state index contributed by atoms with van der Waals surface area (Å²) in [6.07, 6.45) is 2.17. The van der Waals surface area contributed by atoms with Crippen LogP contribution in [-0.4, -0.2) is 20.4 Å². The summed E-state index contributed by atoms with van der Waals surface area (Å²) in [7, 11) is 0. The summed E-state index contributed by atoms with van der Waals surface area (Å²) in [5.74, 6) is 2.94. The molecule has 1 aliphatic rings. The van der Waals surface area contributed by atoms with E-state index in [1.165, 1.54) is 22.1 Å². The highest BCUT2D eigenvalue weighted by Crippen LogP contribution is 2.28. The lowest BCUT2D eigenvalue weighted by Gasteiger charge is -2.08. The van der Waals surface area contributed by atoms with Gasteiger partial charge >= 0.3 is 0 Å². The summed E-state index contributed by atoms with van der Waals surface area (Å²) >= 11 is 3.73. The van der Waals surface area contributed by atoms with Gasteiger partial charge in [0.15, 0.2) is 0 Å². The summed E-state index contributed by atoms with van der Waals surface area (Å²) in [6.45, 7) is 4.46. The number of hydrogen-bond donors (Lipinski definition) is 0. The summed E-state index contributed by atoms with van der Waals surface area (Å²) in [5.41, 5.74) is 2.60. The number of imidazole rings is 1. The van der Waals surface area contributed by atoms with Crippen molar-refractivity contribution < 1.29 is 0 Å². The molecule has 0 N–H and O–H groups in total. The van der Waals surface area contributed by atoms with Gasteiger partial charge in [0.05, 0.1) is 11.4 Å². The molecule has 16 heavy (non-hydrogen) atoms. The van der Waals surface area contributed by atoms with Crippen LogP contribution < -0.4 is 0 Å². The Labute approximate surface area is 103 Å². The van der Waals surface area contributed by atoms with Crippen molar-refractivity contribution in [2.45, 2.75) is 32.4 Å². The molecule has 86 valence electrons. The minimum Gasteiger partial charge on any atom is -0.222 e. The number of rotatable bonds is 2. The number of aromatic nitrogens is 3. The van der Waals surface area contributed by atoms with E-state index in [0.717, 1.165) is 23.6 Å². The first-order valence-corrected chi connectivity index (χ1v) is 7.65. The van der Waals surface area contributed by atoms with Crippen molar-refractivity contribution in [1.29, 1.82) is 0 Å². The first kappa shape index (κ1) is 10.6. The number of thioether (sulfide) groups is 1. The monoisotopic (exact) mass is 253 g/mol. The molecule has 2 aromatic heterocycles. The minimum atomic E-state index is 0.668. The topological polar surface area (TPSA) is 30.2 Å². The second kappa shape index (κ2) is 4.04. The number of nitrogens with zero attached hydrogens (tertiary/aromatic N) is 3. The molecule has 0 saturated heterocycles. The minimum absolute atomic E-state index is 0.668. The van der Waals surface area contributed by atoms with E-state index in [-0.39, 0.29) is 0 Å². The second-order valence-electron chi connectivity index (χ2n) is 4.60. The van der Waals surface area contributed by atoms with Crippen molar-refractivity contribution in [2.24, 2.45) is 5.92 Å². The maximum atomic E-state index is 4.69. The van der Waals surface area contributed by atoms with Gasteiger partial charge < -0.3 is 0 Å². The van der Waals surface area contributed by atoms with Gasteiger partial charge in [-0.3, -0.25) is 0 Å². The maximum absolute atomic E-state index is 4.69. The number of hydrogen-bond acceptors (Lipinski definition) is 4. The van der Waals surface area contributed by atoms with Crippen molar-refractivity contribution in [3.8, 4) is 0 Å². The highest BCUT2D eigenvalue weighted by Gasteiger charge is 2.19. The molecule has 3 rings (SSSR count). The molecular formula is C11H15N3S2. The average molecular weight is 253 g/mol. The van der Waals surface area contributed by atoms with Crippen LogP contribution in [0.15, 0.2) is 0 Å². The Morgan fingerprint density at radius 1 is 1.44 bits per heavy atom. The van der Waals surface area contributed by atoms with E-state index in [1.807, 2.05) is 11.8 Å². The fourth-order valence-corrected chi connectivity index (χ4v) is 4.09. The van der Waals surface area contributed by atoms with Crippen LogP contribution in [0.1, 0.15) is 30.2 Å². The molecule has 0 atom stereocenters. The second-order valence-corrected chi connectivity index (χ2v) is 6.74. The van der Waals surface area contributed by atoms with Crippen molar-refractivity contribution in [1.82, 2.24) is 14.6 Å². The zero-order valence-electron chi connectivity index (χ0n) is 9.56. The molecule has 0 radical (unpaired) electrons. The molecule has 5 heteroatoms. The molecule has 2 aromatic rings. The van der Waals surface area contributed by atoms with Crippen LogP contribution in [0.5, 0.6) is 0 Å². The molecule has 3 heterocycles. The van der Waals surface area contributed by atoms with Crippen LogP contribution in [0.4, 0.5) is 0 Å². The van der Waals surface area contributed by atoms with E-state index in [0.29, 0.717) is 5.92 Å². The standard InChI is InChI=1S/C11H15N3S2/c1-7(2)5-10-13-14-9-6-15-4-3-8(9)12-11(14)16-10/h7H,3-6H2,1-2H3. The lowest BCUT2D eigenvalue weighted by Crippen LogP contribution is -2.04. The summed E-state index contributed by atoms with van der Waals surface area (Å²) in [6, 6.07) is 0. The Morgan fingerprint density at radius 2 is 2.31 bits per heavy atom. The van der Waals surface area contributed by atoms with Crippen molar-refractivity contribution in [3.05, 3.63) is 16.4 Å². The first-order chi connectivity index (χ1) is 7.74. The number of fused-ring (bicyclic) bond motifs is 3. The van der Waals surface area contributed by atoms with Gasteiger partial charge in [0.1, 0.15) is 5.01 Å². The zero-order chi connectivity index (χ0) is 11.1. The average Bonchev–Trinajstić information content (AvgIpc) is 2.73. The first-order valence-electron chi connectivity index (χ1n) is 5.68. The Kier molecular flexibility index (Phi) is 2.67. The molecule has 0 aromatic carbocycles. The van der Waals surface area contributed by atoms with Crippen LogP contribution in [0, 0.1) is 5.92 Å². The molecule has 0 aliphatic carbocycles. The largest absolute Gasteiger partial charge is 0.222 e. The maximum Gasteiger partial charge on any atom is 0.212 e. The third kappa shape index (κ3) is 1.76.